The first-order valence-corrected chi connectivity index (χ1v) is 5.31. The van der Waals surface area contributed by atoms with E-state index in [1.54, 1.807) is 0 Å². The number of carboxylic acids is 1. The van der Waals surface area contributed by atoms with Crippen molar-refractivity contribution in [3.8, 4) is 11.5 Å². The van der Waals surface area contributed by atoms with Crippen molar-refractivity contribution >= 4 is 11.7 Å². The van der Waals surface area contributed by atoms with Gasteiger partial charge in [-0.05, 0) is 6.07 Å². The van der Waals surface area contributed by atoms with E-state index in [-0.39, 0.29) is 24.5 Å². The van der Waals surface area contributed by atoms with Crippen LogP contribution in [0.2, 0.25) is 0 Å². The van der Waals surface area contributed by atoms with E-state index in [1.807, 2.05) is 0 Å². The van der Waals surface area contributed by atoms with Crippen molar-refractivity contribution < 1.29 is 24.3 Å². The summed E-state index contributed by atoms with van der Waals surface area (Å²) in [5.41, 5.74) is 0.166. The fraction of sp³-hybridized carbons (Fsp3) is 0.364. The first kappa shape index (κ1) is 14.7. The largest absolute Gasteiger partial charge is 0.493 e. The standard InChI is InChI=1S/C11H14N2O6/c1-18-9-3-7(5-12-6-11(14)15)8(13(16)17)4-10(9)19-2/h3-4,12H,5-6H2,1-2H3,(H,14,15). The minimum Gasteiger partial charge on any atom is -0.493 e. The number of rotatable bonds is 7. The van der Waals surface area contributed by atoms with Crippen molar-refractivity contribution in [1.82, 2.24) is 5.32 Å². The van der Waals surface area contributed by atoms with Gasteiger partial charge in [-0.3, -0.25) is 14.9 Å². The molecule has 1 aromatic rings. The number of aliphatic carboxylic acids is 1. The van der Waals surface area contributed by atoms with Crippen molar-refractivity contribution in [2.45, 2.75) is 6.54 Å². The molecule has 0 amide bonds. The highest BCUT2D eigenvalue weighted by molar-refractivity contribution is 5.69. The summed E-state index contributed by atoms with van der Waals surface area (Å²) in [4.78, 5) is 20.8. The number of carboxylic acid groups (broad SMARTS) is 1. The van der Waals surface area contributed by atoms with Gasteiger partial charge in [-0.1, -0.05) is 0 Å². The van der Waals surface area contributed by atoms with E-state index in [9.17, 15) is 14.9 Å². The number of hydrogen-bond donors (Lipinski definition) is 2. The number of nitrogens with zero attached hydrogens (tertiary/aromatic N) is 1. The van der Waals surface area contributed by atoms with Gasteiger partial charge >= 0.3 is 5.97 Å². The van der Waals surface area contributed by atoms with Crippen molar-refractivity contribution in [1.29, 1.82) is 0 Å². The molecular weight excluding hydrogens is 256 g/mol. The predicted molar refractivity (Wildman–Crippen MR) is 65.5 cm³/mol. The Kier molecular flexibility index (Phi) is 5.07. The molecule has 1 aromatic carbocycles. The van der Waals surface area contributed by atoms with Gasteiger partial charge in [-0.2, -0.15) is 0 Å². The Morgan fingerprint density at radius 3 is 2.42 bits per heavy atom. The van der Waals surface area contributed by atoms with Crippen LogP contribution < -0.4 is 14.8 Å². The molecule has 0 atom stereocenters. The summed E-state index contributed by atoms with van der Waals surface area (Å²) in [6.07, 6.45) is 0. The van der Waals surface area contributed by atoms with Gasteiger partial charge in [0.15, 0.2) is 11.5 Å². The second-order valence-corrected chi connectivity index (χ2v) is 3.59. The third kappa shape index (κ3) is 3.81. The Morgan fingerprint density at radius 1 is 1.37 bits per heavy atom. The number of nitrogens with one attached hydrogen (secondary N) is 1. The van der Waals surface area contributed by atoms with Gasteiger partial charge in [0.25, 0.3) is 5.69 Å². The molecule has 8 nitrogen and oxygen atoms in total. The molecule has 8 heteroatoms. The molecular formula is C11H14N2O6. The molecule has 19 heavy (non-hydrogen) atoms. The summed E-state index contributed by atoms with van der Waals surface area (Å²) in [5, 5.41) is 22.0. The van der Waals surface area contributed by atoms with Gasteiger partial charge in [0.05, 0.1) is 31.8 Å². The number of nitro benzene ring substituents is 1. The maximum Gasteiger partial charge on any atom is 0.317 e. The van der Waals surface area contributed by atoms with Crippen molar-refractivity contribution in [3.05, 3.63) is 27.8 Å². The van der Waals surface area contributed by atoms with Gasteiger partial charge in [-0.25, -0.2) is 0 Å². The van der Waals surface area contributed by atoms with Crippen LogP contribution in [-0.2, 0) is 11.3 Å². The van der Waals surface area contributed by atoms with E-state index in [1.165, 1.54) is 26.4 Å². The van der Waals surface area contributed by atoms with Crippen LogP contribution in [0.25, 0.3) is 0 Å². The van der Waals surface area contributed by atoms with Crippen molar-refractivity contribution in [2.75, 3.05) is 20.8 Å². The second-order valence-electron chi connectivity index (χ2n) is 3.59. The van der Waals surface area contributed by atoms with E-state index in [2.05, 4.69) is 5.32 Å². The summed E-state index contributed by atoms with van der Waals surface area (Å²) >= 11 is 0. The third-order valence-electron chi connectivity index (χ3n) is 2.37. The van der Waals surface area contributed by atoms with Crippen LogP contribution in [0, 0.1) is 10.1 Å². The number of carbonyl (C=O) groups is 1. The van der Waals surface area contributed by atoms with Crippen molar-refractivity contribution in [2.24, 2.45) is 0 Å². The first-order valence-electron chi connectivity index (χ1n) is 5.31. The summed E-state index contributed by atoms with van der Waals surface area (Å²) in [5.74, 6) is -0.445. The van der Waals surface area contributed by atoms with Gasteiger partial charge in [-0.15, -0.1) is 0 Å². The SMILES string of the molecule is COc1cc(CNCC(=O)O)c([N+](=O)[O-])cc1OC. The van der Waals surface area contributed by atoms with Crippen LogP contribution in [0.1, 0.15) is 5.56 Å². The van der Waals surface area contributed by atoms with Crippen LogP contribution in [0.15, 0.2) is 12.1 Å². The topological polar surface area (TPSA) is 111 Å². The molecule has 2 N–H and O–H groups in total. The smallest absolute Gasteiger partial charge is 0.317 e. The van der Waals surface area contributed by atoms with E-state index in [0.717, 1.165) is 0 Å². The lowest BCUT2D eigenvalue weighted by molar-refractivity contribution is -0.385. The van der Waals surface area contributed by atoms with Gasteiger partial charge < -0.3 is 19.9 Å². The van der Waals surface area contributed by atoms with Crippen LogP contribution in [0.4, 0.5) is 5.69 Å². The molecule has 0 aliphatic rings. The normalized spacial score (nSPS) is 10.0. The lowest BCUT2D eigenvalue weighted by Crippen LogP contribution is -2.22. The maximum atomic E-state index is 11.0. The Balaban J connectivity index is 3.05. The van der Waals surface area contributed by atoms with E-state index < -0.39 is 10.9 Å². The molecule has 0 heterocycles. The Labute approximate surface area is 109 Å². The van der Waals surface area contributed by atoms with Crippen LogP contribution in [-0.4, -0.2) is 36.8 Å². The van der Waals surface area contributed by atoms with Gasteiger partial charge in [0, 0.05) is 12.1 Å². The summed E-state index contributed by atoms with van der Waals surface area (Å²) in [6, 6.07) is 2.70. The van der Waals surface area contributed by atoms with Crippen LogP contribution in [0.3, 0.4) is 0 Å². The molecule has 0 unspecified atom stereocenters. The highest BCUT2D eigenvalue weighted by Gasteiger charge is 2.19. The van der Waals surface area contributed by atoms with Gasteiger partial charge in [0.1, 0.15) is 0 Å². The molecule has 0 spiro atoms. The molecule has 0 saturated heterocycles. The maximum absolute atomic E-state index is 11.0. The molecule has 0 fully saturated rings. The number of methoxy groups -OCH3 is 2. The lowest BCUT2D eigenvalue weighted by Gasteiger charge is -2.10. The molecule has 0 aliphatic heterocycles. The van der Waals surface area contributed by atoms with E-state index in [4.69, 9.17) is 14.6 Å². The molecule has 1 rings (SSSR count). The molecule has 0 aliphatic carbocycles. The molecule has 0 saturated carbocycles. The van der Waals surface area contributed by atoms with Gasteiger partial charge in [0.2, 0.25) is 0 Å². The number of hydrogen-bond acceptors (Lipinski definition) is 6. The summed E-state index contributed by atoms with van der Waals surface area (Å²) in [7, 11) is 2.79. The monoisotopic (exact) mass is 270 g/mol. The number of nitro groups is 1. The number of benzene rings is 1. The van der Waals surface area contributed by atoms with Crippen LogP contribution in [0.5, 0.6) is 11.5 Å². The summed E-state index contributed by atoms with van der Waals surface area (Å²) in [6.45, 7) is -0.242. The highest BCUT2D eigenvalue weighted by Crippen LogP contribution is 2.34. The first-order chi connectivity index (χ1) is 8.99. The van der Waals surface area contributed by atoms with E-state index >= 15 is 0 Å². The average molecular weight is 270 g/mol. The fourth-order valence-corrected chi connectivity index (χ4v) is 1.53. The quantitative estimate of drug-likeness (QED) is 0.556. The minimum atomic E-state index is -1.04. The Hall–Kier alpha value is -2.35. The number of ether oxygens (including phenoxy) is 2. The fourth-order valence-electron chi connectivity index (χ4n) is 1.53. The second kappa shape index (κ2) is 6.55. The Bertz CT molecular complexity index is 488. The zero-order valence-corrected chi connectivity index (χ0v) is 10.5. The van der Waals surface area contributed by atoms with E-state index in [0.29, 0.717) is 11.3 Å². The molecule has 0 radical (unpaired) electrons. The minimum absolute atomic E-state index is 0.0446. The summed E-state index contributed by atoms with van der Waals surface area (Å²) < 4.78 is 10.0. The third-order valence-corrected chi connectivity index (χ3v) is 2.37. The van der Waals surface area contributed by atoms with Crippen molar-refractivity contribution in [3.63, 3.8) is 0 Å². The lowest BCUT2D eigenvalue weighted by atomic mass is 10.1. The van der Waals surface area contributed by atoms with Crippen LogP contribution >= 0.6 is 0 Å². The Morgan fingerprint density at radius 2 is 1.95 bits per heavy atom. The average Bonchev–Trinajstić information content (AvgIpc) is 2.37. The molecule has 0 aromatic heterocycles. The zero-order chi connectivity index (χ0) is 14.4. The predicted octanol–water partition coefficient (Wildman–Crippen LogP) is 0.786. The highest BCUT2D eigenvalue weighted by atomic mass is 16.6. The molecule has 0 bridgehead atoms. The molecule has 104 valence electrons. The zero-order valence-electron chi connectivity index (χ0n) is 10.5.